The van der Waals surface area contributed by atoms with Gasteiger partial charge in [-0.3, -0.25) is 0 Å². The Hall–Kier alpha value is -2.61. The molecule has 3 rings (SSSR count). The first-order valence-electron chi connectivity index (χ1n) is 8.73. The van der Waals surface area contributed by atoms with Crippen LogP contribution in [0.3, 0.4) is 0 Å². The van der Waals surface area contributed by atoms with E-state index in [1.54, 1.807) is 0 Å². The van der Waals surface area contributed by atoms with E-state index in [9.17, 15) is 18.0 Å². The summed E-state index contributed by atoms with van der Waals surface area (Å²) in [5, 5.41) is 0. The lowest BCUT2D eigenvalue weighted by molar-refractivity contribution is 0.0556. The number of rotatable bonds is 3. The zero-order chi connectivity index (χ0) is 20.9. The summed E-state index contributed by atoms with van der Waals surface area (Å²) < 4.78 is 35.7. The van der Waals surface area contributed by atoms with Crippen molar-refractivity contribution in [2.24, 2.45) is 0 Å². The monoisotopic (exact) mass is 405 g/mol. The van der Waals surface area contributed by atoms with Crippen LogP contribution in [0, 0.1) is 0 Å². The average Bonchev–Trinajstić information content (AvgIpc) is 3.09. The third kappa shape index (κ3) is 3.32. The van der Waals surface area contributed by atoms with Crippen LogP contribution < -0.4 is 0 Å². The highest BCUT2D eigenvalue weighted by Gasteiger charge is 2.39. The highest BCUT2D eigenvalue weighted by atomic mass is 32.2. The van der Waals surface area contributed by atoms with Crippen LogP contribution in [0.4, 0.5) is 0 Å². The molecule has 1 aliphatic rings. The van der Waals surface area contributed by atoms with Gasteiger partial charge in [0.05, 0.1) is 31.2 Å². The Labute approximate surface area is 164 Å². The van der Waals surface area contributed by atoms with Crippen molar-refractivity contribution in [1.82, 2.24) is 4.57 Å². The summed E-state index contributed by atoms with van der Waals surface area (Å²) in [4.78, 5) is 25.0. The van der Waals surface area contributed by atoms with Crippen LogP contribution in [0.15, 0.2) is 24.3 Å². The van der Waals surface area contributed by atoms with Crippen molar-refractivity contribution < 1.29 is 27.5 Å². The summed E-state index contributed by atoms with van der Waals surface area (Å²) in [6.07, 6.45) is 0. The maximum Gasteiger partial charge on any atom is 0.340 e. The molecule has 1 aromatic heterocycles. The lowest BCUT2D eigenvalue weighted by atomic mass is 9.86. The van der Waals surface area contributed by atoms with Gasteiger partial charge in [-0.1, -0.05) is 45.0 Å². The lowest BCUT2D eigenvalue weighted by Gasteiger charge is -2.19. The van der Waals surface area contributed by atoms with Gasteiger partial charge in [0.25, 0.3) is 0 Å². The number of carbonyl (C=O) groups excluding carboxylic acids is 2. The van der Waals surface area contributed by atoms with Crippen molar-refractivity contribution >= 4 is 21.8 Å². The molecule has 2 aromatic rings. The number of hydrogen-bond donors (Lipinski definition) is 0. The Balaban J connectivity index is 2.31. The molecule has 0 bridgehead atoms. The number of nitrogens with zero attached hydrogens (tertiary/aromatic N) is 1. The average molecular weight is 405 g/mol. The van der Waals surface area contributed by atoms with E-state index in [-0.39, 0.29) is 33.9 Å². The molecule has 0 spiro atoms. The molecule has 7 nitrogen and oxygen atoms in total. The summed E-state index contributed by atoms with van der Waals surface area (Å²) in [5.74, 6) is -2.12. The van der Waals surface area contributed by atoms with Crippen LogP contribution >= 0.6 is 0 Å². The third-order valence-electron chi connectivity index (χ3n) is 4.86. The predicted molar refractivity (Wildman–Crippen MR) is 104 cm³/mol. The van der Waals surface area contributed by atoms with E-state index in [4.69, 9.17) is 9.47 Å². The zero-order valence-corrected chi connectivity index (χ0v) is 17.3. The minimum atomic E-state index is -3.43. The molecule has 0 N–H and O–H groups in total. The lowest BCUT2D eigenvalue weighted by Crippen LogP contribution is -2.14. The van der Waals surface area contributed by atoms with Gasteiger partial charge in [-0.15, -0.1) is 0 Å². The van der Waals surface area contributed by atoms with Crippen molar-refractivity contribution in [2.75, 3.05) is 14.2 Å². The molecule has 1 aliphatic heterocycles. The van der Waals surface area contributed by atoms with E-state index in [1.807, 2.05) is 24.3 Å². The molecular formula is C20H23NO6S. The van der Waals surface area contributed by atoms with Gasteiger partial charge in [0.15, 0.2) is 9.84 Å². The topological polar surface area (TPSA) is 91.7 Å². The second-order valence-electron chi connectivity index (χ2n) is 7.80. The number of carbonyl (C=O) groups is 2. The Morgan fingerprint density at radius 2 is 1.50 bits per heavy atom. The van der Waals surface area contributed by atoms with Gasteiger partial charge in [-0.05, 0) is 16.5 Å². The van der Waals surface area contributed by atoms with E-state index < -0.39 is 21.8 Å². The van der Waals surface area contributed by atoms with Gasteiger partial charge in [-0.2, -0.15) is 0 Å². The van der Waals surface area contributed by atoms with Crippen LogP contribution in [0.1, 0.15) is 52.7 Å². The Morgan fingerprint density at radius 3 is 2.00 bits per heavy atom. The normalized spacial score (nSPS) is 15.2. The quantitative estimate of drug-likeness (QED) is 0.729. The first kappa shape index (κ1) is 20.1. The smallest absolute Gasteiger partial charge is 0.340 e. The molecule has 0 fully saturated rings. The number of fused-ring (bicyclic) bond motifs is 1. The molecule has 0 amide bonds. The van der Waals surface area contributed by atoms with Crippen molar-refractivity contribution in [3.63, 3.8) is 0 Å². The molecule has 0 unspecified atom stereocenters. The van der Waals surface area contributed by atoms with Crippen LogP contribution in [-0.2, 0) is 36.4 Å². The molecule has 150 valence electrons. The molecule has 28 heavy (non-hydrogen) atoms. The van der Waals surface area contributed by atoms with Gasteiger partial charge in [0.1, 0.15) is 11.4 Å². The maximum atomic E-state index is 12.5. The Morgan fingerprint density at radius 1 is 0.964 bits per heavy atom. The minimum Gasteiger partial charge on any atom is -0.465 e. The third-order valence-corrected chi connectivity index (χ3v) is 6.22. The first-order chi connectivity index (χ1) is 13.0. The standard InChI is InChI=1S/C20H23NO6S/c1-20(2,3)13-8-6-12(7-9-13)17-16(19(23)27-5)15(18(22)26-4)14-10-28(24,25)11-21(14)17/h6-9H,10-11H2,1-5H3. The van der Waals surface area contributed by atoms with Crippen molar-refractivity contribution in [3.8, 4) is 11.3 Å². The number of ether oxygens (including phenoxy) is 2. The largest absolute Gasteiger partial charge is 0.465 e. The van der Waals surface area contributed by atoms with E-state index in [2.05, 4.69) is 20.8 Å². The Kier molecular flexibility index (Phi) is 4.87. The van der Waals surface area contributed by atoms with E-state index in [1.165, 1.54) is 18.8 Å². The second-order valence-corrected chi connectivity index (χ2v) is 9.83. The van der Waals surface area contributed by atoms with Gasteiger partial charge in [0, 0.05) is 5.69 Å². The number of benzene rings is 1. The highest BCUT2D eigenvalue weighted by molar-refractivity contribution is 7.89. The van der Waals surface area contributed by atoms with Gasteiger partial charge in [0.2, 0.25) is 0 Å². The van der Waals surface area contributed by atoms with Crippen molar-refractivity contribution in [2.45, 2.75) is 37.8 Å². The fourth-order valence-electron chi connectivity index (χ4n) is 3.46. The van der Waals surface area contributed by atoms with Gasteiger partial charge in [-0.25, -0.2) is 18.0 Å². The SMILES string of the molecule is COC(=O)c1c(C(=O)OC)c(-c2ccc(C(C)(C)C)cc2)n2c1CS(=O)(=O)C2. The molecule has 0 saturated carbocycles. The molecule has 0 aliphatic carbocycles. The predicted octanol–water partition coefficient (Wildman–Crippen LogP) is 2.91. The number of methoxy groups -OCH3 is 2. The summed E-state index contributed by atoms with van der Waals surface area (Å²) in [6, 6.07) is 7.50. The number of esters is 2. The molecule has 0 saturated heterocycles. The molecule has 2 heterocycles. The molecule has 8 heteroatoms. The van der Waals surface area contributed by atoms with E-state index in [0.717, 1.165) is 5.56 Å². The highest BCUT2D eigenvalue weighted by Crippen LogP contribution is 2.38. The zero-order valence-electron chi connectivity index (χ0n) is 16.5. The van der Waals surface area contributed by atoms with Crippen LogP contribution in [0.2, 0.25) is 0 Å². The maximum absolute atomic E-state index is 12.5. The molecular weight excluding hydrogens is 382 g/mol. The van der Waals surface area contributed by atoms with E-state index in [0.29, 0.717) is 11.3 Å². The van der Waals surface area contributed by atoms with Crippen LogP contribution in [-0.4, -0.2) is 39.1 Å². The molecule has 0 radical (unpaired) electrons. The minimum absolute atomic E-state index is 0.0303. The molecule has 0 atom stereocenters. The summed E-state index contributed by atoms with van der Waals surface area (Å²) >= 11 is 0. The van der Waals surface area contributed by atoms with Gasteiger partial charge >= 0.3 is 11.9 Å². The van der Waals surface area contributed by atoms with Crippen molar-refractivity contribution in [3.05, 3.63) is 46.6 Å². The van der Waals surface area contributed by atoms with Crippen LogP contribution in [0.5, 0.6) is 0 Å². The molecule has 1 aromatic carbocycles. The van der Waals surface area contributed by atoms with E-state index >= 15 is 0 Å². The summed E-state index contributed by atoms with van der Waals surface area (Å²) in [7, 11) is -1.03. The fourth-order valence-corrected chi connectivity index (χ4v) is 4.95. The number of hydrogen-bond acceptors (Lipinski definition) is 6. The number of aromatic nitrogens is 1. The Bertz CT molecular complexity index is 1060. The fraction of sp³-hybridized carbons (Fsp3) is 0.400. The number of sulfone groups is 1. The van der Waals surface area contributed by atoms with Crippen molar-refractivity contribution in [1.29, 1.82) is 0 Å². The second kappa shape index (κ2) is 6.77. The summed E-state index contributed by atoms with van der Waals surface area (Å²) in [6.45, 7) is 6.25. The van der Waals surface area contributed by atoms with Crippen LogP contribution in [0.25, 0.3) is 11.3 Å². The van der Waals surface area contributed by atoms with Gasteiger partial charge < -0.3 is 14.0 Å². The first-order valence-corrected chi connectivity index (χ1v) is 10.6. The summed E-state index contributed by atoms with van der Waals surface area (Å²) in [5.41, 5.74) is 2.23.